The van der Waals surface area contributed by atoms with Crippen molar-refractivity contribution in [2.75, 3.05) is 6.17 Å². The van der Waals surface area contributed by atoms with Gasteiger partial charge in [0.25, 0.3) is 0 Å². The zero-order chi connectivity index (χ0) is 11.4. The van der Waals surface area contributed by atoms with E-state index in [0.29, 0.717) is 6.42 Å². The molecule has 0 spiro atoms. The Morgan fingerprint density at radius 3 is 2.00 bits per heavy atom. The van der Waals surface area contributed by atoms with Gasteiger partial charge in [-0.05, 0) is 20.0 Å². The summed E-state index contributed by atoms with van der Waals surface area (Å²) in [6.45, 7) is 9.73. The highest BCUT2D eigenvalue weighted by Gasteiger charge is 2.19. The minimum absolute atomic E-state index is 0.0541. The Bertz CT molecular complexity index is 221. The van der Waals surface area contributed by atoms with E-state index in [2.05, 4.69) is 25.0 Å². The third-order valence-corrected chi connectivity index (χ3v) is 3.13. The summed E-state index contributed by atoms with van der Waals surface area (Å²) in [4.78, 5) is 22.1. The fourth-order valence-corrected chi connectivity index (χ4v) is 1.94. The molecule has 82 valence electrons. The molecule has 0 saturated heterocycles. The SMILES string of the molecule is CC(=O)CC(NC[Si](C)(C)C)C(C)=O. The number of hydrogen-bond donors (Lipinski definition) is 1. The van der Waals surface area contributed by atoms with E-state index in [1.165, 1.54) is 13.8 Å². The first-order valence-electron chi connectivity index (χ1n) is 4.95. The highest BCUT2D eigenvalue weighted by atomic mass is 28.3. The Labute approximate surface area is 87.3 Å². The maximum absolute atomic E-state index is 11.2. The predicted octanol–water partition coefficient (Wildman–Crippen LogP) is 1.39. The summed E-state index contributed by atoms with van der Waals surface area (Å²) < 4.78 is 0. The summed E-state index contributed by atoms with van der Waals surface area (Å²) in [6.07, 6.45) is 1.20. The van der Waals surface area contributed by atoms with Crippen molar-refractivity contribution < 1.29 is 9.59 Å². The third kappa shape index (κ3) is 6.97. The first-order chi connectivity index (χ1) is 6.22. The van der Waals surface area contributed by atoms with Gasteiger partial charge >= 0.3 is 0 Å². The van der Waals surface area contributed by atoms with E-state index in [0.717, 1.165) is 6.17 Å². The van der Waals surface area contributed by atoms with Crippen molar-refractivity contribution in [3.8, 4) is 0 Å². The van der Waals surface area contributed by atoms with Crippen molar-refractivity contribution in [3.05, 3.63) is 0 Å². The van der Waals surface area contributed by atoms with Gasteiger partial charge in [-0.2, -0.15) is 0 Å². The molecule has 0 fully saturated rings. The van der Waals surface area contributed by atoms with Crippen LogP contribution in [-0.4, -0.2) is 31.9 Å². The molecule has 0 aromatic heterocycles. The molecule has 0 bridgehead atoms. The average molecular weight is 215 g/mol. The Hall–Kier alpha value is -0.483. The number of carbonyl (C=O) groups is 2. The molecule has 14 heavy (non-hydrogen) atoms. The van der Waals surface area contributed by atoms with E-state index in [1.54, 1.807) is 0 Å². The molecule has 4 heteroatoms. The van der Waals surface area contributed by atoms with E-state index < -0.39 is 8.07 Å². The molecule has 1 unspecified atom stereocenters. The van der Waals surface area contributed by atoms with Gasteiger partial charge in [-0.1, -0.05) is 19.6 Å². The van der Waals surface area contributed by atoms with Crippen LogP contribution in [0.25, 0.3) is 0 Å². The largest absolute Gasteiger partial charge is 0.310 e. The first-order valence-corrected chi connectivity index (χ1v) is 8.66. The monoisotopic (exact) mass is 215 g/mol. The Morgan fingerprint density at radius 2 is 1.71 bits per heavy atom. The topological polar surface area (TPSA) is 46.2 Å². The summed E-state index contributed by atoms with van der Waals surface area (Å²) >= 11 is 0. The Balaban J connectivity index is 4.11. The third-order valence-electron chi connectivity index (χ3n) is 1.86. The molecule has 0 heterocycles. The highest BCUT2D eigenvalue weighted by Crippen LogP contribution is 2.01. The molecular weight excluding hydrogens is 194 g/mol. The molecule has 0 aliphatic rings. The summed E-state index contributed by atoms with van der Waals surface area (Å²) in [5.41, 5.74) is 0. The van der Waals surface area contributed by atoms with Crippen LogP contribution in [-0.2, 0) is 9.59 Å². The van der Waals surface area contributed by atoms with Crippen LogP contribution in [0.5, 0.6) is 0 Å². The predicted molar refractivity (Wildman–Crippen MR) is 61.1 cm³/mol. The van der Waals surface area contributed by atoms with Gasteiger partial charge in [-0.25, -0.2) is 0 Å². The van der Waals surface area contributed by atoms with Crippen molar-refractivity contribution >= 4 is 19.6 Å². The second-order valence-electron chi connectivity index (χ2n) is 5.01. The summed E-state index contributed by atoms with van der Waals surface area (Å²) in [7, 11) is -1.19. The number of rotatable bonds is 6. The van der Waals surface area contributed by atoms with Crippen LogP contribution >= 0.6 is 0 Å². The van der Waals surface area contributed by atoms with Gasteiger partial charge in [0.1, 0.15) is 11.6 Å². The molecule has 0 aliphatic carbocycles. The van der Waals surface area contributed by atoms with Crippen LogP contribution in [0.3, 0.4) is 0 Å². The minimum Gasteiger partial charge on any atom is -0.310 e. The lowest BCUT2D eigenvalue weighted by Crippen LogP contribution is -2.45. The highest BCUT2D eigenvalue weighted by molar-refractivity contribution is 6.76. The van der Waals surface area contributed by atoms with E-state index in [9.17, 15) is 9.59 Å². The van der Waals surface area contributed by atoms with Gasteiger partial charge in [0.05, 0.1) is 14.1 Å². The van der Waals surface area contributed by atoms with E-state index in [4.69, 9.17) is 0 Å². The molecule has 0 radical (unpaired) electrons. The van der Waals surface area contributed by atoms with Crippen molar-refractivity contribution in [1.29, 1.82) is 0 Å². The van der Waals surface area contributed by atoms with Gasteiger partial charge in [0.15, 0.2) is 0 Å². The van der Waals surface area contributed by atoms with Gasteiger partial charge in [0.2, 0.25) is 0 Å². The van der Waals surface area contributed by atoms with Crippen molar-refractivity contribution in [2.24, 2.45) is 0 Å². The van der Waals surface area contributed by atoms with Crippen LogP contribution in [0.4, 0.5) is 0 Å². The van der Waals surface area contributed by atoms with Gasteiger partial charge in [-0.15, -0.1) is 0 Å². The normalized spacial score (nSPS) is 13.8. The number of Topliss-reactive ketones (excluding diaryl/α,β-unsaturated/α-hetero) is 2. The maximum Gasteiger partial charge on any atom is 0.147 e. The molecule has 0 aromatic carbocycles. The van der Waals surface area contributed by atoms with Crippen LogP contribution in [0, 0.1) is 0 Å². The fourth-order valence-electron chi connectivity index (χ4n) is 1.08. The molecule has 0 aliphatic heterocycles. The summed E-state index contributed by atoms with van der Waals surface area (Å²) in [5, 5.41) is 3.18. The molecule has 0 amide bonds. The molecule has 0 aromatic rings. The van der Waals surface area contributed by atoms with Crippen LogP contribution in [0.1, 0.15) is 20.3 Å². The maximum atomic E-state index is 11.2. The fraction of sp³-hybridized carbons (Fsp3) is 0.800. The van der Waals surface area contributed by atoms with Gasteiger partial charge < -0.3 is 5.32 Å². The smallest absolute Gasteiger partial charge is 0.147 e. The van der Waals surface area contributed by atoms with E-state index in [-0.39, 0.29) is 17.6 Å². The lowest BCUT2D eigenvalue weighted by molar-refractivity contribution is -0.123. The van der Waals surface area contributed by atoms with Crippen LogP contribution in [0.15, 0.2) is 0 Å². The quantitative estimate of drug-likeness (QED) is 0.681. The standard InChI is InChI=1S/C10H21NO2Si/c1-8(12)6-10(9(2)13)11-7-14(3,4)5/h10-11H,6-7H2,1-5H3. The zero-order valence-electron chi connectivity index (χ0n) is 9.81. The second kappa shape index (κ2) is 5.41. The van der Waals surface area contributed by atoms with Crippen molar-refractivity contribution in [1.82, 2.24) is 5.32 Å². The van der Waals surface area contributed by atoms with E-state index in [1.807, 2.05) is 0 Å². The van der Waals surface area contributed by atoms with Crippen molar-refractivity contribution in [2.45, 2.75) is 46.0 Å². The minimum atomic E-state index is -1.19. The molecule has 0 rings (SSSR count). The van der Waals surface area contributed by atoms with Crippen LogP contribution in [0.2, 0.25) is 19.6 Å². The van der Waals surface area contributed by atoms with Crippen molar-refractivity contribution in [3.63, 3.8) is 0 Å². The molecular formula is C10H21NO2Si. The molecule has 0 saturated carbocycles. The van der Waals surface area contributed by atoms with Gasteiger partial charge in [0, 0.05) is 6.42 Å². The lowest BCUT2D eigenvalue weighted by atomic mass is 10.1. The van der Waals surface area contributed by atoms with Crippen LogP contribution < -0.4 is 5.32 Å². The Kier molecular flexibility index (Phi) is 5.22. The number of carbonyl (C=O) groups excluding carboxylic acids is 2. The van der Waals surface area contributed by atoms with Gasteiger partial charge in [-0.3, -0.25) is 9.59 Å². The molecule has 3 nitrogen and oxygen atoms in total. The first kappa shape index (κ1) is 13.5. The summed E-state index contributed by atoms with van der Waals surface area (Å²) in [6, 6.07) is -0.278. The van der Waals surface area contributed by atoms with E-state index >= 15 is 0 Å². The second-order valence-corrected chi connectivity index (χ2v) is 10.5. The molecule has 1 N–H and O–H groups in total. The zero-order valence-corrected chi connectivity index (χ0v) is 10.8. The Morgan fingerprint density at radius 1 is 1.21 bits per heavy atom. The summed E-state index contributed by atoms with van der Waals surface area (Å²) in [5.74, 6) is 0.117. The average Bonchev–Trinajstić information content (AvgIpc) is 1.94. The molecule has 1 atom stereocenters. The lowest BCUT2D eigenvalue weighted by Gasteiger charge is -2.21. The number of nitrogens with one attached hydrogen (secondary N) is 1. The number of ketones is 2. The number of hydrogen-bond acceptors (Lipinski definition) is 3.